The summed E-state index contributed by atoms with van der Waals surface area (Å²) in [6.07, 6.45) is -5.53. The van der Waals surface area contributed by atoms with Crippen molar-refractivity contribution in [2.75, 3.05) is 0 Å². The first-order valence-electron chi connectivity index (χ1n) is 5.26. The van der Waals surface area contributed by atoms with E-state index in [-0.39, 0.29) is 5.69 Å². The number of hydrogen-bond acceptors (Lipinski definition) is 3. The smallest absolute Gasteiger partial charge is 0.416 e. The summed E-state index contributed by atoms with van der Waals surface area (Å²) in [5.74, 6) is 0.171. The van der Waals surface area contributed by atoms with E-state index in [1.54, 1.807) is 0 Å². The second kappa shape index (κ2) is 6.49. The predicted molar refractivity (Wildman–Crippen MR) is 67.6 cm³/mol. The molecule has 1 rings (SSSR count). The van der Waals surface area contributed by atoms with Crippen LogP contribution in [0.15, 0.2) is 34.8 Å². The van der Waals surface area contributed by atoms with Crippen molar-refractivity contribution in [2.24, 2.45) is 4.99 Å². The molecule has 21 heavy (non-hydrogen) atoms. The third-order valence-corrected chi connectivity index (χ3v) is 2.10. The highest BCUT2D eigenvalue weighted by Gasteiger charge is 2.30. The van der Waals surface area contributed by atoms with Crippen molar-refractivity contribution in [1.82, 2.24) is 5.32 Å². The van der Waals surface area contributed by atoms with Crippen LogP contribution in [0.4, 0.5) is 23.7 Å². The van der Waals surface area contributed by atoms with Crippen LogP contribution in [0.5, 0.6) is 0 Å². The molecule has 0 unspecified atom stereocenters. The molecule has 0 spiro atoms. The lowest BCUT2D eigenvalue weighted by atomic mass is 10.2. The third-order valence-electron chi connectivity index (χ3n) is 2.10. The summed E-state index contributed by atoms with van der Waals surface area (Å²) < 4.78 is 37.4. The number of halogens is 3. The van der Waals surface area contributed by atoms with Crippen LogP contribution >= 0.6 is 0 Å². The van der Waals surface area contributed by atoms with Gasteiger partial charge in [-0.05, 0) is 18.2 Å². The number of nitrogens with one attached hydrogen (secondary N) is 1. The molecule has 0 fully saturated rings. The molecular weight excluding hydrogens is 291 g/mol. The first-order valence-corrected chi connectivity index (χ1v) is 5.26. The van der Waals surface area contributed by atoms with Crippen LogP contribution in [0.25, 0.3) is 5.41 Å². The molecule has 1 aromatic carbocycles. The predicted octanol–water partition coefficient (Wildman–Crippen LogP) is 2.37. The van der Waals surface area contributed by atoms with Crippen molar-refractivity contribution in [1.29, 1.82) is 0 Å². The van der Waals surface area contributed by atoms with Crippen LogP contribution in [0, 0.1) is 0 Å². The number of amides is 2. The van der Waals surface area contributed by atoms with Crippen molar-refractivity contribution in [3.63, 3.8) is 0 Å². The number of alkyl halides is 3. The van der Waals surface area contributed by atoms with Crippen molar-refractivity contribution in [2.45, 2.75) is 6.18 Å². The van der Waals surface area contributed by atoms with Gasteiger partial charge in [-0.15, -0.1) is 0 Å². The normalized spacial score (nSPS) is 11.0. The molecule has 0 aliphatic rings. The minimum Gasteiger partial charge on any atom is -0.763 e. The molecule has 0 bridgehead atoms. The Bertz CT molecular complexity index is 647. The fraction of sp³-hybridized carbons (Fsp3) is 0.0833. The fourth-order valence-corrected chi connectivity index (χ4v) is 1.20. The van der Waals surface area contributed by atoms with Gasteiger partial charge >= 0.3 is 12.3 Å². The molecule has 2 N–H and O–H groups in total. The van der Waals surface area contributed by atoms with Gasteiger partial charge in [0.15, 0.2) is 0 Å². The lowest BCUT2D eigenvalue weighted by Crippen LogP contribution is -2.30. The molecule has 2 amide bonds. The Morgan fingerprint density at radius 2 is 2.05 bits per heavy atom. The van der Waals surface area contributed by atoms with Crippen LogP contribution in [-0.2, 0) is 11.0 Å². The van der Waals surface area contributed by atoms with Crippen molar-refractivity contribution >= 4 is 29.8 Å². The molecule has 0 atom stereocenters. The summed E-state index contributed by atoms with van der Waals surface area (Å²) >= 11 is 0. The molecule has 110 valence electrons. The summed E-state index contributed by atoms with van der Waals surface area (Å²) in [6, 6.07) is 3.90. The van der Waals surface area contributed by atoms with Gasteiger partial charge in [-0.3, -0.25) is 21.0 Å². The van der Waals surface area contributed by atoms with E-state index in [2.05, 4.69) is 4.99 Å². The highest BCUT2D eigenvalue weighted by molar-refractivity contribution is 6.22. The van der Waals surface area contributed by atoms with Crippen LogP contribution in [0.2, 0.25) is 0 Å². The van der Waals surface area contributed by atoms with Gasteiger partial charge in [-0.25, -0.2) is 4.79 Å². The maximum Gasteiger partial charge on any atom is 0.416 e. The average molecular weight is 298 g/mol. The molecule has 6 nitrogen and oxygen atoms in total. The summed E-state index contributed by atoms with van der Waals surface area (Å²) in [5, 5.41) is 18.4. The number of aliphatic imine (C=N–C) groups is 1. The second-order valence-corrected chi connectivity index (χ2v) is 3.59. The number of imide groups is 1. The van der Waals surface area contributed by atoms with Crippen LogP contribution < -0.4 is 5.32 Å². The summed E-state index contributed by atoms with van der Waals surface area (Å²) in [7, 11) is 0. The van der Waals surface area contributed by atoms with E-state index in [0.717, 1.165) is 18.2 Å². The van der Waals surface area contributed by atoms with E-state index in [9.17, 15) is 22.8 Å². The quantitative estimate of drug-likeness (QED) is 0.661. The minimum absolute atomic E-state index is 0.138. The zero-order valence-corrected chi connectivity index (χ0v) is 10.2. The fourth-order valence-electron chi connectivity index (χ4n) is 1.20. The largest absolute Gasteiger partial charge is 0.763 e. The van der Waals surface area contributed by atoms with Gasteiger partial charge in [-0.2, -0.15) is 13.2 Å². The van der Waals surface area contributed by atoms with E-state index in [1.807, 2.05) is 0 Å². The Labute approximate surface area is 116 Å². The lowest BCUT2D eigenvalue weighted by molar-refractivity contribution is -0.137. The number of nitrogens with zero attached hydrogens (tertiary/aromatic N) is 2. The summed E-state index contributed by atoms with van der Waals surface area (Å²) in [6.45, 7) is 0. The van der Waals surface area contributed by atoms with Crippen LogP contribution in [0.1, 0.15) is 5.56 Å². The maximum atomic E-state index is 12.5. The number of carbonyl (C=O) groups excluding carboxylic acids is 1. The zero-order chi connectivity index (χ0) is 16.0. The van der Waals surface area contributed by atoms with E-state index in [0.29, 0.717) is 6.21 Å². The van der Waals surface area contributed by atoms with Crippen molar-refractivity contribution in [3.05, 3.63) is 40.8 Å². The SMILES string of the molecule is [N-]=C=C(C=Nc1cccc(C(F)(F)F)c1)C(=O)NC(=O)O. The third kappa shape index (κ3) is 4.92. The Kier molecular flexibility index (Phi) is 4.98. The molecule has 1 aromatic rings. The van der Waals surface area contributed by atoms with Crippen molar-refractivity contribution in [3.8, 4) is 0 Å². The average Bonchev–Trinajstić information content (AvgIpc) is 2.38. The van der Waals surface area contributed by atoms with Crippen LogP contribution in [-0.4, -0.2) is 29.2 Å². The Morgan fingerprint density at radius 3 is 2.57 bits per heavy atom. The molecule has 0 aliphatic carbocycles. The molecule has 0 aliphatic heterocycles. The first kappa shape index (κ1) is 16.1. The number of hydrogen-bond donors (Lipinski definition) is 2. The van der Waals surface area contributed by atoms with Gasteiger partial charge in [0.1, 0.15) is 0 Å². The van der Waals surface area contributed by atoms with E-state index >= 15 is 0 Å². The number of rotatable bonds is 3. The summed E-state index contributed by atoms with van der Waals surface area (Å²) in [4.78, 5) is 25.0. The molecule has 0 aromatic heterocycles. The topological polar surface area (TPSA) is 101 Å². The highest BCUT2D eigenvalue weighted by atomic mass is 19.4. The van der Waals surface area contributed by atoms with Gasteiger partial charge in [0.05, 0.1) is 16.8 Å². The molecule has 0 saturated heterocycles. The molecule has 9 heteroatoms. The van der Waals surface area contributed by atoms with Gasteiger partial charge in [-0.1, -0.05) is 6.07 Å². The first-order chi connectivity index (χ1) is 9.74. The van der Waals surface area contributed by atoms with Gasteiger partial charge in [0.2, 0.25) is 0 Å². The summed E-state index contributed by atoms with van der Waals surface area (Å²) in [5.41, 5.74) is -1.74. The van der Waals surface area contributed by atoms with E-state index < -0.39 is 29.3 Å². The molecular formula is C12H7F3N3O3-. The lowest BCUT2D eigenvalue weighted by Gasteiger charge is -2.06. The zero-order valence-electron chi connectivity index (χ0n) is 10.2. The highest BCUT2D eigenvalue weighted by Crippen LogP contribution is 2.31. The van der Waals surface area contributed by atoms with Gasteiger partial charge in [0, 0.05) is 6.21 Å². The minimum atomic E-state index is -4.55. The molecule has 0 heterocycles. The molecule has 0 saturated carbocycles. The Balaban J connectivity index is 2.97. The Hall–Kier alpha value is -2.93. The number of carbonyl (C=O) groups is 2. The van der Waals surface area contributed by atoms with Gasteiger partial charge in [0.25, 0.3) is 5.91 Å². The van der Waals surface area contributed by atoms with Gasteiger partial charge < -0.3 is 10.5 Å². The van der Waals surface area contributed by atoms with Crippen LogP contribution in [0.3, 0.4) is 0 Å². The Morgan fingerprint density at radius 1 is 1.38 bits per heavy atom. The monoisotopic (exact) mass is 298 g/mol. The van der Waals surface area contributed by atoms with Crippen molar-refractivity contribution < 1.29 is 27.9 Å². The molecule has 0 radical (unpaired) electrons. The van der Waals surface area contributed by atoms with E-state index in [1.165, 1.54) is 17.3 Å². The standard InChI is InChI=1S/C12H7F3N3O3/c13-12(14,15)8-2-1-3-9(4-8)17-6-7(5-16)10(19)18-11(20)21/h1-4,6H,(H,18,19)(H,20,21)/q-1. The second-order valence-electron chi connectivity index (χ2n) is 3.59. The number of carboxylic acid groups (broad SMARTS) is 1. The maximum absolute atomic E-state index is 12.5. The van der Waals surface area contributed by atoms with E-state index in [4.69, 9.17) is 10.5 Å². The number of benzene rings is 1.